The number of ether oxygens (including phenoxy) is 1. The number of carbonyl (C=O) groups is 1. The number of likely N-dealkylation sites (N-methyl/N-ethyl adjacent to an activating group) is 1. The molecular weight excluding hydrogens is 230 g/mol. The molecule has 2 aliphatic heterocycles. The average molecular weight is 255 g/mol. The zero-order valence-electron chi connectivity index (χ0n) is 11.5. The highest BCUT2D eigenvalue weighted by atomic mass is 16.5. The Morgan fingerprint density at radius 2 is 2.33 bits per heavy atom. The van der Waals surface area contributed by atoms with Crippen LogP contribution in [0.15, 0.2) is 0 Å². The largest absolute Gasteiger partial charge is 0.383 e. The summed E-state index contributed by atoms with van der Waals surface area (Å²) >= 11 is 0. The van der Waals surface area contributed by atoms with Crippen molar-refractivity contribution in [3.63, 3.8) is 0 Å². The summed E-state index contributed by atoms with van der Waals surface area (Å²) in [6, 6.07) is 0.605. The van der Waals surface area contributed by atoms with Crippen LogP contribution in [0.4, 0.5) is 0 Å². The normalized spacial score (nSPS) is 28.6. The van der Waals surface area contributed by atoms with Crippen LogP contribution in [-0.2, 0) is 9.53 Å². The topological polar surface area (TPSA) is 44.8 Å². The second-order valence-corrected chi connectivity index (χ2v) is 5.35. The monoisotopic (exact) mass is 255 g/mol. The van der Waals surface area contributed by atoms with E-state index in [-0.39, 0.29) is 11.9 Å². The Morgan fingerprint density at radius 3 is 2.89 bits per heavy atom. The average Bonchev–Trinajstić information content (AvgIpc) is 2.97. The first kappa shape index (κ1) is 13.8. The highest BCUT2D eigenvalue weighted by Gasteiger charge is 2.34. The van der Waals surface area contributed by atoms with Gasteiger partial charge in [0.2, 0.25) is 5.91 Å². The lowest BCUT2D eigenvalue weighted by atomic mass is 10.1. The van der Waals surface area contributed by atoms with Crippen molar-refractivity contribution in [3.8, 4) is 0 Å². The molecule has 1 amide bonds. The molecule has 5 heteroatoms. The number of likely N-dealkylation sites (tertiary alicyclic amines) is 1. The quantitative estimate of drug-likeness (QED) is 0.721. The molecule has 0 aromatic carbocycles. The first-order valence-corrected chi connectivity index (χ1v) is 6.93. The fourth-order valence-electron chi connectivity index (χ4n) is 2.92. The smallest absolute Gasteiger partial charge is 0.239 e. The van der Waals surface area contributed by atoms with Gasteiger partial charge in [-0.05, 0) is 25.8 Å². The van der Waals surface area contributed by atoms with Crippen LogP contribution in [0.1, 0.15) is 19.3 Å². The van der Waals surface area contributed by atoms with E-state index in [0.29, 0.717) is 12.6 Å². The standard InChI is InChI=1S/C13H25N3O2/c1-15-7-5-12(13(15)17)16(8-9-18-2)10-11-4-3-6-14-11/h11-12,14H,3-10H2,1-2H3. The molecule has 0 aliphatic carbocycles. The molecule has 1 N–H and O–H groups in total. The highest BCUT2D eigenvalue weighted by molar-refractivity contribution is 5.83. The summed E-state index contributed by atoms with van der Waals surface area (Å²) in [6.07, 6.45) is 3.42. The van der Waals surface area contributed by atoms with Gasteiger partial charge in [-0.1, -0.05) is 0 Å². The van der Waals surface area contributed by atoms with Gasteiger partial charge in [-0.3, -0.25) is 9.69 Å². The van der Waals surface area contributed by atoms with E-state index in [1.165, 1.54) is 12.8 Å². The fraction of sp³-hybridized carbons (Fsp3) is 0.923. The molecule has 0 aromatic rings. The van der Waals surface area contributed by atoms with Gasteiger partial charge in [0.15, 0.2) is 0 Å². The van der Waals surface area contributed by atoms with Crippen molar-refractivity contribution in [3.05, 3.63) is 0 Å². The van der Waals surface area contributed by atoms with Crippen LogP contribution >= 0.6 is 0 Å². The van der Waals surface area contributed by atoms with Crippen molar-refractivity contribution < 1.29 is 9.53 Å². The van der Waals surface area contributed by atoms with Gasteiger partial charge >= 0.3 is 0 Å². The third-order valence-electron chi connectivity index (χ3n) is 4.04. The number of nitrogens with zero attached hydrogens (tertiary/aromatic N) is 2. The molecule has 0 spiro atoms. The van der Waals surface area contributed by atoms with Crippen LogP contribution in [0, 0.1) is 0 Å². The summed E-state index contributed by atoms with van der Waals surface area (Å²) in [5.41, 5.74) is 0. The number of hydrogen-bond acceptors (Lipinski definition) is 4. The second-order valence-electron chi connectivity index (χ2n) is 5.35. The Bertz CT molecular complexity index is 279. The minimum atomic E-state index is 0.0625. The minimum absolute atomic E-state index is 0.0625. The molecule has 0 radical (unpaired) electrons. The third kappa shape index (κ3) is 3.22. The Labute approximate surface area is 109 Å². The number of methoxy groups -OCH3 is 1. The molecule has 2 atom stereocenters. The van der Waals surface area contributed by atoms with Gasteiger partial charge in [0.05, 0.1) is 12.6 Å². The van der Waals surface area contributed by atoms with Crippen LogP contribution in [-0.4, -0.2) is 74.7 Å². The summed E-state index contributed by atoms with van der Waals surface area (Å²) in [5.74, 6) is 0.268. The van der Waals surface area contributed by atoms with Gasteiger partial charge in [0.25, 0.3) is 0 Å². The predicted molar refractivity (Wildman–Crippen MR) is 70.5 cm³/mol. The first-order valence-electron chi connectivity index (χ1n) is 6.93. The van der Waals surface area contributed by atoms with Gasteiger partial charge in [-0.25, -0.2) is 0 Å². The van der Waals surface area contributed by atoms with E-state index in [4.69, 9.17) is 4.74 Å². The lowest BCUT2D eigenvalue weighted by Crippen LogP contribution is -2.47. The zero-order valence-corrected chi connectivity index (χ0v) is 11.5. The Kier molecular flexibility index (Phi) is 4.97. The molecule has 5 nitrogen and oxygen atoms in total. The maximum absolute atomic E-state index is 12.1. The van der Waals surface area contributed by atoms with E-state index in [2.05, 4.69) is 10.2 Å². The first-order chi connectivity index (χ1) is 8.72. The summed E-state index contributed by atoms with van der Waals surface area (Å²) in [4.78, 5) is 16.3. The van der Waals surface area contributed by atoms with Crippen LogP contribution in [0.25, 0.3) is 0 Å². The Balaban J connectivity index is 1.92. The molecule has 2 rings (SSSR count). The minimum Gasteiger partial charge on any atom is -0.383 e. The lowest BCUT2D eigenvalue weighted by Gasteiger charge is -2.29. The van der Waals surface area contributed by atoms with E-state index < -0.39 is 0 Å². The van der Waals surface area contributed by atoms with E-state index in [0.717, 1.165) is 32.6 Å². The van der Waals surface area contributed by atoms with E-state index >= 15 is 0 Å². The summed E-state index contributed by atoms with van der Waals surface area (Å²) in [5, 5.41) is 3.51. The molecule has 2 saturated heterocycles. The molecule has 2 fully saturated rings. The van der Waals surface area contributed by atoms with Crippen molar-refractivity contribution in [1.29, 1.82) is 0 Å². The van der Waals surface area contributed by atoms with Crippen LogP contribution < -0.4 is 5.32 Å². The van der Waals surface area contributed by atoms with Gasteiger partial charge < -0.3 is 15.0 Å². The predicted octanol–water partition coefficient (Wildman–Crippen LogP) is -0.0825. The van der Waals surface area contributed by atoms with Crippen molar-refractivity contribution >= 4 is 5.91 Å². The van der Waals surface area contributed by atoms with E-state index in [1.807, 2.05) is 11.9 Å². The van der Waals surface area contributed by atoms with Gasteiger partial charge in [0.1, 0.15) is 0 Å². The third-order valence-corrected chi connectivity index (χ3v) is 4.04. The number of nitrogens with one attached hydrogen (secondary N) is 1. The molecule has 0 bridgehead atoms. The lowest BCUT2D eigenvalue weighted by molar-refractivity contribution is -0.131. The van der Waals surface area contributed by atoms with Crippen molar-refractivity contribution in [1.82, 2.24) is 15.1 Å². The molecule has 2 unspecified atom stereocenters. The van der Waals surface area contributed by atoms with Gasteiger partial charge in [-0.2, -0.15) is 0 Å². The molecule has 2 heterocycles. The van der Waals surface area contributed by atoms with Crippen LogP contribution in [0.2, 0.25) is 0 Å². The molecular formula is C13H25N3O2. The molecule has 104 valence electrons. The zero-order chi connectivity index (χ0) is 13.0. The SMILES string of the molecule is COCCN(CC1CCCN1)C1CCN(C)C1=O. The van der Waals surface area contributed by atoms with Crippen molar-refractivity contribution in [2.45, 2.75) is 31.3 Å². The number of amides is 1. The summed E-state index contributed by atoms with van der Waals surface area (Å²) in [6.45, 7) is 4.50. The van der Waals surface area contributed by atoms with E-state index in [9.17, 15) is 4.79 Å². The van der Waals surface area contributed by atoms with Gasteiger partial charge in [-0.15, -0.1) is 0 Å². The number of hydrogen-bond donors (Lipinski definition) is 1. The molecule has 0 saturated carbocycles. The number of carbonyl (C=O) groups excluding carboxylic acids is 1. The molecule has 2 aliphatic rings. The second kappa shape index (κ2) is 6.50. The maximum Gasteiger partial charge on any atom is 0.239 e. The highest BCUT2D eigenvalue weighted by Crippen LogP contribution is 2.17. The fourth-order valence-corrected chi connectivity index (χ4v) is 2.92. The van der Waals surface area contributed by atoms with Crippen LogP contribution in [0.5, 0.6) is 0 Å². The summed E-state index contributed by atoms with van der Waals surface area (Å²) < 4.78 is 5.17. The maximum atomic E-state index is 12.1. The van der Waals surface area contributed by atoms with Crippen molar-refractivity contribution in [2.24, 2.45) is 0 Å². The molecule has 0 aromatic heterocycles. The van der Waals surface area contributed by atoms with Crippen molar-refractivity contribution in [2.75, 3.05) is 46.9 Å². The summed E-state index contributed by atoms with van der Waals surface area (Å²) in [7, 11) is 3.61. The van der Waals surface area contributed by atoms with E-state index in [1.54, 1.807) is 7.11 Å². The Morgan fingerprint density at radius 1 is 1.50 bits per heavy atom. The Hall–Kier alpha value is -0.650. The number of rotatable bonds is 6. The van der Waals surface area contributed by atoms with Gasteiger partial charge in [0, 0.05) is 39.8 Å². The van der Waals surface area contributed by atoms with Crippen LogP contribution in [0.3, 0.4) is 0 Å². The molecule has 18 heavy (non-hydrogen) atoms.